The number of piperidine rings is 1. The first-order chi connectivity index (χ1) is 13.1. The topological polar surface area (TPSA) is 19.0 Å². The van der Waals surface area contributed by atoms with Crippen molar-refractivity contribution in [2.75, 3.05) is 25.1 Å². The number of fused-ring (bicyclic) bond motifs is 2. The lowest BCUT2D eigenvalue weighted by Gasteiger charge is -2.47. The zero-order valence-corrected chi connectivity index (χ0v) is 20.1. The second-order valence-corrected chi connectivity index (χ2v) is 11.3. The Morgan fingerprint density at radius 1 is 1.26 bits per heavy atom. The predicted molar refractivity (Wildman–Crippen MR) is 124 cm³/mol. The van der Waals surface area contributed by atoms with Gasteiger partial charge < -0.3 is 4.98 Å². The van der Waals surface area contributed by atoms with Gasteiger partial charge in [-0.2, -0.15) is 11.8 Å². The highest BCUT2D eigenvalue weighted by Crippen LogP contribution is 2.50. The summed E-state index contributed by atoms with van der Waals surface area (Å²) in [5, 5.41) is 1.53. The molecule has 5 rings (SSSR count). The van der Waals surface area contributed by atoms with Crippen molar-refractivity contribution in [1.82, 2.24) is 9.88 Å². The number of hydrogen-bond acceptors (Lipinski definition) is 2. The summed E-state index contributed by atoms with van der Waals surface area (Å²) in [5.74, 6) is 3.76. The van der Waals surface area contributed by atoms with Gasteiger partial charge >= 0.3 is 0 Å². The first-order valence-corrected chi connectivity index (χ1v) is 13.3. The number of likely N-dealkylation sites (tertiary alicyclic amines) is 1. The van der Waals surface area contributed by atoms with Crippen LogP contribution in [0.4, 0.5) is 0 Å². The molecule has 3 atom stereocenters. The van der Waals surface area contributed by atoms with E-state index in [1.807, 2.05) is 11.8 Å². The zero-order valence-electron chi connectivity index (χ0n) is 16.2. The molecule has 0 unspecified atom stereocenters. The first-order valence-electron chi connectivity index (χ1n) is 10.3. The number of halogens is 2. The van der Waals surface area contributed by atoms with Crippen LogP contribution < -0.4 is 0 Å². The molecule has 2 fully saturated rings. The van der Waals surface area contributed by atoms with E-state index in [9.17, 15) is 0 Å². The summed E-state index contributed by atoms with van der Waals surface area (Å²) < 4.78 is 2.38. The smallest absolute Gasteiger partial charge is 0.0617 e. The summed E-state index contributed by atoms with van der Waals surface area (Å²) in [6, 6.07) is 3.12. The molecule has 1 aliphatic heterocycles. The van der Waals surface area contributed by atoms with Crippen molar-refractivity contribution in [3.8, 4) is 0 Å². The predicted octanol–water partition coefficient (Wildman–Crippen LogP) is 6.36. The molecule has 2 heterocycles. The van der Waals surface area contributed by atoms with E-state index in [1.165, 1.54) is 70.1 Å². The van der Waals surface area contributed by atoms with E-state index < -0.39 is 0 Å². The van der Waals surface area contributed by atoms with Gasteiger partial charge in [-0.25, -0.2) is 0 Å². The Kier molecular flexibility index (Phi) is 5.19. The lowest BCUT2D eigenvalue weighted by Crippen LogP contribution is -2.51. The average molecular weight is 512 g/mol. The molecule has 0 spiro atoms. The van der Waals surface area contributed by atoms with Crippen LogP contribution in [0.3, 0.4) is 0 Å². The van der Waals surface area contributed by atoms with Gasteiger partial charge in [-0.1, -0.05) is 6.92 Å². The van der Waals surface area contributed by atoms with Gasteiger partial charge in [0.1, 0.15) is 0 Å². The summed E-state index contributed by atoms with van der Waals surface area (Å²) in [6.45, 7) is 4.92. The fourth-order valence-corrected chi connectivity index (χ4v) is 7.18. The molecule has 2 aliphatic carbocycles. The Labute approximate surface area is 183 Å². The van der Waals surface area contributed by atoms with Gasteiger partial charge in [0.25, 0.3) is 0 Å². The number of thioether (sulfide) groups is 1. The number of nitrogens with one attached hydrogen (secondary N) is 1. The van der Waals surface area contributed by atoms with Crippen LogP contribution in [0, 0.1) is 11.8 Å². The fraction of sp³-hybridized carbons (Fsp3) is 0.636. The number of hydrogen-bond donors (Lipinski definition) is 1. The second kappa shape index (κ2) is 7.37. The molecule has 1 N–H and O–H groups in total. The SMILES string of the molecule is CCc1[nH]c2c(Br)c(Br)cc3c2c1C[C@@H]1[C@@H]3C[C@@H](CSC)CN1CC1CC1. The molecule has 1 aromatic heterocycles. The normalized spacial score (nSPS) is 27.9. The molecule has 5 heteroatoms. The maximum atomic E-state index is 3.83. The van der Waals surface area contributed by atoms with Crippen molar-refractivity contribution in [1.29, 1.82) is 0 Å². The Morgan fingerprint density at radius 2 is 2.07 bits per heavy atom. The van der Waals surface area contributed by atoms with E-state index in [0.717, 1.165) is 18.3 Å². The molecule has 0 amide bonds. The molecule has 1 aromatic carbocycles. The van der Waals surface area contributed by atoms with Crippen LogP contribution in [-0.4, -0.2) is 41.0 Å². The third-order valence-corrected chi connectivity index (χ3v) is 9.75. The Morgan fingerprint density at radius 3 is 2.78 bits per heavy atom. The van der Waals surface area contributed by atoms with E-state index in [4.69, 9.17) is 0 Å². The highest BCUT2D eigenvalue weighted by atomic mass is 79.9. The zero-order chi connectivity index (χ0) is 18.7. The summed E-state index contributed by atoms with van der Waals surface area (Å²) >= 11 is 9.69. The monoisotopic (exact) mass is 510 g/mol. The van der Waals surface area contributed by atoms with Gasteiger partial charge in [-0.05, 0) is 105 Å². The fourth-order valence-electron chi connectivity index (χ4n) is 5.61. The quantitative estimate of drug-likeness (QED) is 0.503. The number of H-pyrrole nitrogens is 1. The maximum Gasteiger partial charge on any atom is 0.0617 e. The summed E-state index contributed by atoms with van der Waals surface area (Å²) in [6.07, 6.45) is 8.83. The maximum absolute atomic E-state index is 3.83. The Balaban J connectivity index is 1.63. The number of aromatic nitrogens is 1. The van der Waals surface area contributed by atoms with Crippen LogP contribution in [0.5, 0.6) is 0 Å². The van der Waals surface area contributed by atoms with Crippen molar-refractivity contribution in [2.45, 2.75) is 51.0 Å². The van der Waals surface area contributed by atoms with E-state index in [0.29, 0.717) is 12.0 Å². The number of rotatable bonds is 5. The van der Waals surface area contributed by atoms with Crippen molar-refractivity contribution in [3.05, 3.63) is 31.8 Å². The standard InChI is InChI=1S/C22H28Br2N2S/c1-3-18-16-8-19-14(15-7-17(23)21(24)22(25-18)20(15)16)6-13(11-27-2)10-26(19)9-12-4-5-12/h7,12-14,19,25H,3-6,8-11H2,1-2H3/t13-,14-,19-/m1/s1. The van der Waals surface area contributed by atoms with Crippen molar-refractivity contribution >= 4 is 54.5 Å². The second-order valence-electron chi connectivity index (χ2n) is 8.78. The number of aromatic amines is 1. The summed E-state index contributed by atoms with van der Waals surface area (Å²) in [5.41, 5.74) is 5.95. The van der Waals surface area contributed by atoms with Crippen LogP contribution in [-0.2, 0) is 12.8 Å². The number of benzene rings is 1. The van der Waals surface area contributed by atoms with Gasteiger partial charge in [-0.3, -0.25) is 4.90 Å². The van der Waals surface area contributed by atoms with E-state index in [-0.39, 0.29) is 0 Å². The lowest BCUT2D eigenvalue weighted by atomic mass is 9.72. The third-order valence-electron chi connectivity index (χ3n) is 6.96. The van der Waals surface area contributed by atoms with Crippen molar-refractivity contribution < 1.29 is 0 Å². The average Bonchev–Trinajstić information content (AvgIpc) is 3.39. The largest absolute Gasteiger partial charge is 0.357 e. The van der Waals surface area contributed by atoms with Gasteiger partial charge in [-0.15, -0.1) is 0 Å². The Bertz CT molecular complexity index is 873. The van der Waals surface area contributed by atoms with Crippen molar-refractivity contribution in [3.63, 3.8) is 0 Å². The molecule has 1 saturated heterocycles. The minimum Gasteiger partial charge on any atom is -0.357 e. The van der Waals surface area contributed by atoms with Crippen LogP contribution in [0.1, 0.15) is 48.9 Å². The van der Waals surface area contributed by atoms with Gasteiger partial charge in [0, 0.05) is 40.6 Å². The molecule has 1 saturated carbocycles. The highest BCUT2D eigenvalue weighted by Gasteiger charge is 2.43. The van der Waals surface area contributed by atoms with Crippen molar-refractivity contribution in [2.24, 2.45) is 11.8 Å². The summed E-state index contributed by atoms with van der Waals surface area (Å²) in [7, 11) is 0. The minimum absolute atomic E-state index is 0.676. The van der Waals surface area contributed by atoms with E-state index >= 15 is 0 Å². The molecule has 146 valence electrons. The molecule has 3 aliphatic rings. The Hall–Kier alpha value is 0.0300. The van der Waals surface area contributed by atoms with Crippen LogP contribution >= 0.6 is 43.6 Å². The van der Waals surface area contributed by atoms with Crippen LogP contribution in [0.25, 0.3) is 10.9 Å². The van der Waals surface area contributed by atoms with Gasteiger partial charge in [0.15, 0.2) is 0 Å². The molecular formula is C22H28Br2N2S. The molecule has 27 heavy (non-hydrogen) atoms. The molecule has 2 nitrogen and oxygen atoms in total. The molecule has 0 radical (unpaired) electrons. The lowest BCUT2D eigenvalue weighted by molar-refractivity contribution is 0.0876. The van der Waals surface area contributed by atoms with E-state index in [1.54, 1.807) is 11.1 Å². The molecular weight excluding hydrogens is 484 g/mol. The van der Waals surface area contributed by atoms with Gasteiger partial charge in [0.2, 0.25) is 0 Å². The number of nitrogens with zero attached hydrogens (tertiary/aromatic N) is 1. The highest BCUT2D eigenvalue weighted by molar-refractivity contribution is 9.13. The minimum atomic E-state index is 0.676. The first kappa shape index (κ1) is 19.0. The third kappa shape index (κ3) is 3.25. The van der Waals surface area contributed by atoms with Crippen LogP contribution in [0.2, 0.25) is 0 Å². The molecule has 0 bridgehead atoms. The van der Waals surface area contributed by atoms with E-state index in [2.05, 4.69) is 61.0 Å². The molecule has 2 aromatic rings. The number of aryl methyl sites for hydroxylation is 1. The van der Waals surface area contributed by atoms with Crippen LogP contribution in [0.15, 0.2) is 15.0 Å². The van der Waals surface area contributed by atoms with Gasteiger partial charge in [0.05, 0.1) is 9.99 Å². The summed E-state index contributed by atoms with van der Waals surface area (Å²) in [4.78, 5) is 6.66.